The summed E-state index contributed by atoms with van der Waals surface area (Å²) in [5.74, 6) is 0.855. The number of aliphatic imine (C=N–C) groups is 1. The van der Waals surface area contributed by atoms with Crippen LogP contribution in [0.2, 0.25) is 0 Å². The number of rotatable bonds is 8. The Balaban J connectivity index is 0.00000392. The van der Waals surface area contributed by atoms with Gasteiger partial charge in [0.25, 0.3) is 0 Å². The molecule has 0 saturated carbocycles. The van der Waals surface area contributed by atoms with Crippen LogP contribution in [0.5, 0.6) is 0 Å². The summed E-state index contributed by atoms with van der Waals surface area (Å²) in [6.45, 7) is 11.6. The van der Waals surface area contributed by atoms with Crippen molar-refractivity contribution in [1.82, 2.24) is 15.5 Å². The predicted octanol–water partition coefficient (Wildman–Crippen LogP) is 2.39. The maximum atomic E-state index is 13.0. The molecule has 2 rings (SSSR count). The van der Waals surface area contributed by atoms with E-state index in [-0.39, 0.29) is 29.8 Å². The first-order chi connectivity index (χ1) is 13.0. The average Bonchev–Trinajstić information content (AvgIpc) is 2.67. The van der Waals surface area contributed by atoms with Crippen molar-refractivity contribution in [3.8, 4) is 0 Å². The second kappa shape index (κ2) is 13.3. The number of halogens is 2. The minimum absolute atomic E-state index is 0. The van der Waals surface area contributed by atoms with Crippen molar-refractivity contribution in [3.63, 3.8) is 0 Å². The molecule has 0 bridgehead atoms. The van der Waals surface area contributed by atoms with Crippen LogP contribution in [0.4, 0.5) is 4.39 Å². The molecule has 160 valence electrons. The van der Waals surface area contributed by atoms with Gasteiger partial charge in [0.1, 0.15) is 5.82 Å². The molecule has 6 nitrogen and oxygen atoms in total. The van der Waals surface area contributed by atoms with Gasteiger partial charge in [0, 0.05) is 32.2 Å². The Bertz CT molecular complexity index is 580. The van der Waals surface area contributed by atoms with Crippen LogP contribution in [0, 0.1) is 11.7 Å². The molecule has 2 atom stereocenters. The van der Waals surface area contributed by atoms with Gasteiger partial charge in [0.2, 0.25) is 0 Å². The van der Waals surface area contributed by atoms with Gasteiger partial charge in [-0.1, -0.05) is 26.0 Å². The zero-order chi connectivity index (χ0) is 19.6. The highest BCUT2D eigenvalue weighted by Crippen LogP contribution is 2.14. The van der Waals surface area contributed by atoms with E-state index in [4.69, 9.17) is 9.73 Å². The minimum atomic E-state index is -0.727. The monoisotopic (exact) mass is 508 g/mol. The van der Waals surface area contributed by atoms with E-state index in [0.29, 0.717) is 36.6 Å². The van der Waals surface area contributed by atoms with Crippen LogP contribution in [-0.4, -0.2) is 67.9 Å². The third-order valence-corrected chi connectivity index (χ3v) is 4.78. The highest BCUT2D eigenvalue weighted by molar-refractivity contribution is 14.0. The molecule has 0 radical (unpaired) electrons. The summed E-state index contributed by atoms with van der Waals surface area (Å²) in [6, 6.07) is 6.25. The van der Waals surface area contributed by atoms with Gasteiger partial charge in [0.15, 0.2) is 5.96 Å². The van der Waals surface area contributed by atoms with Crippen molar-refractivity contribution in [2.45, 2.75) is 32.9 Å². The number of aliphatic hydroxyl groups is 1. The van der Waals surface area contributed by atoms with Gasteiger partial charge >= 0.3 is 0 Å². The molecule has 1 aromatic rings. The number of morpholine rings is 1. The molecule has 2 unspecified atom stereocenters. The van der Waals surface area contributed by atoms with E-state index < -0.39 is 6.10 Å². The van der Waals surface area contributed by atoms with E-state index >= 15 is 0 Å². The molecule has 1 heterocycles. The topological polar surface area (TPSA) is 69.1 Å². The lowest BCUT2D eigenvalue weighted by Crippen LogP contribution is -2.48. The highest BCUT2D eigenvalue weighted by atomic mass is 127. The molecule has 28 heavy (non-hydrogen) atoms. The molecular weight excluding hydrogens is 474 g/mol. The molecule has 0 amide bonds. The summed E-state index contributed by atoms with van der Waals surface area (Å²) in [5, 5.41) is 16.7. The molecule has 1 aromatic carbocycles. The van der Waals surface area contributed by atoms with Crippen molar-refractivity contribution >= 4 is 29.9 Å². The molecule has 3 N–H and O–H groups in total. The van der Waals surface area contributed by atoms with Gasteiger partial charge in [-0.15, -0.1) is 24.0 Å². The minimum Gasteiger partial charge on any atom is -0.387 e. The van der Waals surface area contributed by atoms with Gasteiger partial charge in [-0.2, -0.15) is 0 Å². The molecule has 0 aliphatic carbocycles. The quantitative estimate of drug-likeness (QED) is 0.286. The van der Waals surface area contributed by atoms with E-state index in [0.717, 1.165) is 32.8 Å². The van der Waals surface area contributed by atoms with Crippen LogP contribution in [0.1, 0.15) is 32.4 Å². The number of hydrogen-bond donors (Lipinski definition) is 3. The second-order valence-corrected chi connectivity index (χ2v) is 7.13. The van der Waals surface area contributed by atoms with Crippen LogP contribution in [0.3, 0.4) is 0 Å². The number of guanidine groups is 1. The number of hydrogen-bond acceptors (Lipinski definition) is 4. The summed E-state index contributed by atoms with van der Waals surface area (Å²) in [4.78, 5) is 7.17. The summed E-state index contributed by atoms with van der Waals surface area (Å²) in [5.41, 5.74) is 0.674. The maximum Gasteiger partial charge on any atom is 0.191 e. The molecule has 1 fully saturated rings. The molecule has 0 aromatic heterocycles. The Labute approximate surface area is 185 Å². The first-order valence-electron chi connectivity index (χ1n) is 9.78. The van der Waals surface area contributed by atoms with Crippen LogP contribution < -0.4 is 10.6 Å². The van der Waals surface area contributed by atoms with Crippen molar-refractivity contribution in [3.05, 3.63) is 35.6 Å². The lowest BCUT2D eigenvalue weighted by Gasteiger charge is -2.36. The summed E-state index contributed by atoms with van der Waals surface area (Å²) < 4.78 is 18.5. The normalized spacial score (nSPS) is 17.7. The molecule has 0 spiro atoms. The van der Waals surface area contributed by atoms with E-state index in [1.54, 1.807) is 12.1 Å². The summed E-state index contributed by atoms with van der Waals surface area (Å²) in [6.07, 6.45) is -0.727. The van der Waals surface area contributed by atoms with Crippen LogP contribution >= 0.6 is 24.0 Å². The van der Waals surface area contributed by atoms with Crippen molar-refractivity contribution in [1.29, 1.82) is 0 Å². The number of nitrogens with zero attached hydrogens (tertiary/aromatic N) is 2. The van der Waals surface area contributed by atoms with E-state index in [2.05, 4.69) is 29.4 Å². The number of ether oxygens (including phenoxy) is 1. The number of nitrogens with one attached hydrogen (secondary N) is 2. The van der Waals surface area contributed by atoms with E-state index in [1.807, 2.05) is 6.92 Å². The molecule has 1 aliphatic heterocycles. The zero-order valence-corrected chi connectivity index (χ0v) is 19.4. The fraction of sp³-hybridized carbons (Fsp3) is 0.650. The van der Waals surface area contributed by atoms with Crippen molar-refractivity contribution < 1.29 is 14.2 Å². The lowest BCUT2D eigenvalue weighted by atomic mass is 10.0. The van der Waals surface area contributed by atoms with Crippen LogP contribution in [0.25, 0.3) is 0 Å². The fourth-order valence-electron chi connectivity index (χ4n) is 3.18. The second-order valence-electron chi connectivity index (χ2n) is 7.13. The lowest BCUT2D eigenvalue weighted by molar-refractivity contribution is 0.00867. The number of benzene rings is 1. The Morgan fingerprint density at radius 1 is 1.21 bits per heavy atom. The van der Waals surface area contributed by atoms with Crippen LogP contribution in [0.15, 0.2) is 29.3 Å². The predicted molar refractivity (Wildman–Crippen MR) is 122 cm³/mol. The maximum absolute atomic E-state index is 13.0. The largest absolute Gasteiger partial charge is 0.387 e. The van der Waals surface area contributed by atoms with Crippen LogP contribution in [-0.2, 0) is 4.74 Å². The molecule has 8 heteroatoms. The third-order valence-electron chi connectivity index (χ3n) is 4.78. The van der Waals surface area contributed by atoms with Gasteiger partial charge in [-0.3, -0.25) is 9.89 Å². The molecule has 1 saturated heterocycles. The highest BCUT2D eigenvalue weighted by Gasteiger charge is 2.23. The standard InChI is InChI=1S/C20H33FN4O2.HI/c1-4-22-20(24-14-19(26)16-5-7-17(21)8-6-16)23-13-18(15(2)3)25-9-11-27-12-10-25;/h5-8,15,18-19,26H,4,9-14H2,1-3H3,(H2,22,23,24);1H. The Hall–Kier alpha value is -0.970. The van der Waals surface area contributed by atoms with Gasteiger partial charge in [-0.05, 0) is 30.5 Å². The smallest absolute Gasteiger partial charge is 0.191 e. The summed E-state index contributed by atoms with van der Waals surface area (Å²) in [7, 11) is 0. The van der Waals surface area contributed by atoms with E-state index in [9.17, 15) is 9.50 Å². The van der Waals surface area contributed by atoms with E-state index in [1.165, 1.54) is 12.1 Å². The third kappa shape index (κ3) is 8.18. The van der Waals surface area contributed by atoms with Gasteiger partial charge in [0.05, 0.1) is 25.9 Å². The summed E-state index contributed by atoms with van der Waals surface area (Å²) >= 11 is 0. The molecule has 1 aliphatic rings. The SMILES string of the molecule is CCNC(=NCC(C(C)C)N1CCOCC1)NCC(O)c1ccc(F)cc1.I. The fourth-order valence-corrected chi connectivity index (χ4v) is 3.18. The van der Waals surface area contributed by atoms with Crippen molar-refractivity contribution in [2.75, 3.05) is 45.9 Å². The Morgan fingerprint density at radius 3 is 2.43 bits per heavy atom. The number of aliphatic hydroxyl groups excluding tert-OH is 1. The first-order valence-corrected chi connectivity index (χ1v) is 9.78. The average molecular weight is 508 g/mol. The van der Waals surface area contributed by atoms with Crippen molar-refractivity contribution in [2.24, 2.45) is 10.9 Å². The first kappa shape index (κ1) is 25.1. The van der Waals surface area contributed by atoms with Gasteiger partial charge in [-0.25, -0.2) is 4.39 Å². The van der Waals surface area contributed by atoms with Gasteiger partial charge < -0.3 is 20.5 Å². The Kier molecular flexibility index (Phi) is 11.9. The zero-order valence-electron chi connectivity index (χ0n) is 17.0. The Morgan fingerprint density at radius 2 is 1.86 bits per heavy atom. The molecular formula is C20H34FIN4O2.